The number of piperidine rings is 1. The summed E-state index contributed by atoms with van der Waals surface area (Å²) >= 11 is 0. The van der Waals surface area contributed by atoms with Crippen LogP contribution in [0.1, 0.15) is 38.5 Å². The number of nitrogens with two attached hydrogens (primary N) is 1. The third-order valence-corrected chi connectivity index (χ3v) is 4.82. The number of alkyl halides is 3. The van der Waals surface area contributed by atoms with Crippen LogP contribution in [-0.2, 0) is 9.59 Å². The topological polar surface area (TPSA) is 75.4 Å². The van der Waals surface area contributed by atoms with Crippen molar-refractivity contribution in [2.24, 2.45) is 17.6 Å². The molecular formula is C15H24F3N3O2. The van der Waals surface area contributed by atoms with Crippen molar-refractivity contribution in [1.82, 2.24) is 10.2 Å². The van der Waals surface area contributed by atoms with Crippen molar-refractivity contribution >= 4 is 11.8 Å². The minimum atomic E-state index is -4.21. The second kappa shape index (κ2) is 7.51. The van der Waals surface area contributed by atoms with Gasteiger partial charge in [0.15, 0.2) is 0 Å². The average Bonchev–Trinajstić information content (AvgIpc) is 2.48. The van der Waals surface area contributed by atoms with E-state index in [1.807, 2.05) is 4.90 Å². The van der Waals surface area contributed by atoms with Gasteiger partial charge in [0, 0.05) is 25.0 Å². The second-order valence-electron chi connectivity index (χ2n) is 6.63. The molecule has 2 rings (SSSR count). The molecule has 1 heterocycles. The van der Waals surface area contributed by atoms with Crippen molar-refractivity contribution in [3.05, 3.63) is 0 Å². The molecule has 2 aliphatic rings. The molecule has 132 valence electrons. The number of primary amides is 1. The van der Waals surface area contributed by atoms with E-state index in [-0.39, 0.29) is 37.2 Å². The van der Waals surface area contributed by atoms with Gasteiger partial charge in [-0.25, -0.2) is 0 Å². The average molecular weight is 335 g/mol. The zero-order valence-corrected chi connectivity index (χ0v) is 13.1. The molecular weight excluding hydrogens is 311 g/mol. The minimum absolute atomic E-state index is 0.0297. The standard InChI is InChI=1S/C15H24F3N3O2/c16-15(17,18)11-3-1-2-10(8-11)14(23)20-12-4-6-21(7-5-12)9-13(19)22/h10-12H,1-9H2,(H2,19,22)(H,20,23)/t10-,11-/m1/s1. The number of nitrogens with zero attached hydrogens (tertiary/aromatic N) is 1. The van der Waals surface area contributed by atoms with Gasteiger partial charge in [-0.05, 0) is 32.1 Å². The lowest BCUT2D eigenvalue weighted by molar-refractivity contribution is -0.186. The first kappa shape index (κ1) is 18.0. The highest BCUT2D eigenvalue weighted by Gasteiger charge is 2.43. The molecule has 0 aromatic carbocycles. The summed E-state index contributed by atoms with van der Waals surface area (Å²) in [6.45, 7) is 1.52. The van der Waals surface area contributed by atoms with Crippen LogP contribution in [0, 0.1) is 11.8 Å². The fraction of sp³-hybridized carbons (Fsp3) is 0.867. The fourth-order valence-electron chi connectivity index (χ4n) is 3.50. The molecule has 0 unspecified atom stereocenters. The molecule has 8 heteroatoms. The number of carbonyl (C=O) groups excluding carboxylic acids is 2. The maximum Gasteiger partial charge on any atom is 0.391 e. The monoisotopic (exact) mass is 335 g/mol. The molecule has 1 saturated heterocycles. The van der Waals surface area contributed by atoms with E-state index in [0.717, 1.165) is 0 Å². The highest BCUT2D eigenvalue weighted by atomic mass is 19.4. The molecule has 0 spiro atoms. The van der Waals surface area contributed by atoms with Crippen LogP contribution < -0.4 is 11.1 Å². The molecule has 1 aliphatic heterocycles. The Hall–Kier alpha value is -1.31. The van der Waals surface area contributed by atoms with Crippen molar-refractivity contribution in [3.8, 4) is 0 Å². The zero-order chi connectivity index (χ0) is 17.0. The van der Waals surface area contributed by atoms with Crippen LogP contribution in [0.3, 0.4) is 0 Å². The molecule has 0 radical (unpaired) electrons. The summed E-state index contributed by atoms with van der Waals surface area (Å²) < 4.78 is 38.4. The van der Waals surface area contributed by atoms with E-state index < -0.39 is 18.0 Å². The van der Waals surface area contributed by atoms with Crippen molar-refractivity contribution in [2.45, 2.75) is 50.7 Å². The van der Waals surface area contributed by atoms with Gasteiger partial charge in [0.05, 0.1) is 12.5 Å². The van der Waals surface area contributed by atoms with E-state index in [9.17, 15) is 22.8 Å². The Bertz CT molecular complexity index is 434. The number of hydrogen-bond donors (Lipinski definition) is 2. The molecule has 23 heavy (non-hydrogen) atoms. The first-order chi connectivity index (χ1) is 10.8. The molecule has 0 aromatic heterocycles. The van der Waals surface area contributed by atoms with Gasteiger partial charge < -0.3 is 11.1 Å². The quantitative estimate of drug-likeness (QED) is 0.816. The molecule has 2 fully saturated rings. The highest BCUT2D eigenvalue weighted by molar-refractivity contribution is 5.79. The van der Waals surface area contributed by atoms with E-state index in [0.29, 0.717) is 38.8 Å². The van der Waals surface area contributed by atoms with Crippen molar-refractivity contribution in [2.75, 3.05) is 19.6 Å². The Balaban J connectivity index is 1.78. The molecule has 1 saturated carbocycles. The SMILES string of the molecule is NC(=O)CN1CCC(NC(=O)[C@@H]2CCC[C@@H](C(F)(F)F)C2)CC1. The summed E-state index contributed by atoms with van der Waals surface area (Å²) in [5, 5.41) is 2.89. The van der Waals surface area contributed by atoms with Gasteiger partial charge in [-0.3, -0.25) is 14.5 Å². The highest BCUT2D eigenvalue weighted by Crippen LogP contribution is 2.40. The lowest BCUT2D eigenvalue weighted by Crippen LogP contribution is -2.48. The fourth-order valence-corrected chi connectivity index (χ4v) is 3.50. The summed E-state index contributed by atoms with van der Waals surface area (Å²) in [6, 6.07) is -0.0297. The molecule has 0 aromatic rings. The normalized spacial score (nSPS) is 27.6. The minimum Gasteiger partial charge on any atom is -0.369 e. The van der Waals surface area contributed by atoms with Crippen LogP contribution in [0.25, 0.3) is 0 Å². The summed E-state index contributed by atoms with van der Waals surface area (Å²) in [7, 11) is 0. The lowest BCUT2D eigenvalue weighted by Gasteiger charge is -2.34. The van der Waals surface area contributed by atoms with Gasteiger partial charge >= 0.3 is 6.18 Å². The van der Waals surface area contributed by atoms with Crippen molar-refractivity contribution < 1.29 is 22.8 Å². The van der Waals surface area contributed by atoms with Gasteiger partial charge in [-0.2, -0.15) is 13.2 Å². The van der Waals surface area contributed by atoms with E-state index >= 15 is 0 Å². The maximum atomic E-state index is 12.8. The molecule has 1 aliphatic carbocycles. The van der Waals surface area contributed by atoms with Crippen LogP contribution in [0.4, 0.5) is 13.2 Å². The predicted octanol–water partition coefficient (Wildman–Crippen LogP) is 1.42. The Morgan fingerprint density at radius 1 is 1.13 bits per heavy atom. The molecule has 5 nitrogen and oxygen atoms in total. The van der Waals surface area contributed by atoms with Crippen LogP contribution in [0.2, 0.25) is 0 Å². The maximum absolute atomic E-state index is 12.8. The number of rotatable bonds is 4. The number of halogens is 3. The Kier molecular flexibility index (Phi) is 5.89. The second-order valence-corrected chi connectivity index (χ2v) is 6.63. The first-order valence-corrected chi connectivity index (χ1v) is 8.13. The van der Waals surface area contributed by atoms with E-state index in [1.165, 1.54) is 0 Å². The molecule has 2 atom stereocenters. The molecule has 0 bridgehead atoms. The van der Waals surface area contributed by atoms with Crippen molar-refractivity contribution in [3.63, 3.8) is 0 Å². The van der Waals surface area contributed by atoms with Crippen LogP contribution >= 0.6 is 0 Å². The Morgan fingerprint density at radius 3 is 2.35 bits per heavy atom. The zero-order valence-electron chi connectivity index (χ0n) is 13.1. The summed E-state index contributed by atoms with van der Waals surface area (Å²) in [5.74, 6) is -2.54. The van der Waals surface area contributed by atoms with Crippen LogP contribution in [-0.4, -0.2) is 48.6 Å². The summed E-state index contributed by atoms with van der Waals surface area (Å²) in [5.41, 5.74) is 5.14. The smallest absolute Gasteiger partial charge is 0.369 e. The van der Waals surface area contributed by atoms with E-state index in [2.05, 4.69) is 5.32 Å². The Labute approximate surface area is 133 Å². The molecule has 3 N–H and O–H groups in total. The van der Waals surface area contributed by atoms with Gasteiger partial charge in [0.2, 0.25) is 11.8 Å². The summed E-state index contributed by atoms with van der Waals surface area (Å²) in [4.78, 5) is 25.0. The van der Waals surface area contributed by atoms with Gasteiger partial charge in [0.1, 0.15) is 0 Å². The van der Waals surface area contributed by atoms with Gasteiger partial charge in [0.25, 0.3) is 0 Å². The lowest BCUT2D eigenvalue weighted by atomic mass is 9.80. The molecule has 2 amide bonds. The first-order valence-electron chi connectivity index (χ1n) is 8.13. The van der Waals surface area contributed by atoms with E-state index in [4.69, 9.17) is 5.73 Å². The summed E-state index contributed by atoms with van der Waals surface area (Å²) in [6.07, 6.45) is -1.84. The number of carbonyl (C=O) groups is 2. The third kappa shape index (κ3) is 5.37. The third-order valence-electron chi connectivity index (χ3n) is 4.82. The van der Waals surface area contributed by atoms with E-state index in [1.54, 1.807) is 0 Å². The number of likely N-dealkylation sites (tertiary alicyclic amines) is 1. The van der Waals surface area contributed by atoms with Crippen LogP contribution in [0.5, 0.6) is 0 Å². The van der Waals surface area contributed by atoms with Gasteiger partial charge in [-0.1, -0.05) is 6.42 Å². The van der Waals surface area contributed by atoms with Gasteiger partial charge in [-0.15, -0.1) is 0 Å². The Morgan fingerprint density at radius 2 is 1.78 bits per heavy atom. The largest absolute Gasteiger partial charge is 0.391 e. The number of nitrogens with one attached hydrogen (secondary N) is 1. The number of amides is 2. The van der Waals surface area contributed by atoms with Crippen molar-refractivity contribution in [1.29, 1.82) is 0 Å². The predicted molar refractivity (Wildman–Crippen MR) is 78.3 cm³/mol. The number of hydrogen-bond acceptors (Lipinski definition) is 3. The van der Waals surface area contributed by atoms with Crippen LogP contribution in [0.15, 0.2) is 0 Å².